The molecular weight excluding hydrogens is 284 g/mol. The summed E-state index contributed by atoms with van der Waals surface area (Å²) in [6.07, 6.45) is 2.17. The van der Waals surface area contributed by atoms with E-state index in [0.29, 0.717) is 6.54 Å². The van der Waals surface area contributed by atoms with Crippen LogP contribution in [-0.4, -0.2) is 41.3 Å². The molecule has 0 saturated heterocycles. The second-order valence-corrected chi connectivity index (χ2v) is 4.81. The minimum atomic E-state index is -0.395. The molecule has 0 aliphatic heterocycles. The summed E-state index contributed by atoms with van der Waals surface area (Å²) in [5.41, 5.74) is 0. The maximum Gasteiger partial charge on any atom is 0.148 e. The van der Waals surface area contributed by atoms with Gasteiger partial charge in [0.2, 0.25) is 0 Å². The van der Waals surface area contributed by atoms with Crippen LogP contribution in [0.1, 0.15) is 20.3 Å². The van der Waals surface area contributed by atoms with Gasteiger partial charge in [-0.25, -0.2) is 9.97 Å². The highest BCUT2D eigenvalue weighted by atomic mass is 79.9. The van der Waals surface area contributed by atoms with E-state index in [1.165, 1.54) is 6.33 Å². The number of aromatic nitrogens is 2. The van der Waals surface area contributed by atoms with E-state index in [0.717, 1.165) is 29.1 Å². The van der Waals surface area contributed by atoms with Crippen molar-refractivity contribution in [3.05, 3.63) is 10.8 Å². The molecule has 1 aromatic heterocycles. The summed E-state index contributed by atoms with van der Waals surface area (Å²) in [7, 11) is 1.89. The molecule has 1 aromatic rings. The van der Waals surface area contributed by atoms with Gasteiger partial charge in [-0.3, -0.25) is 0 Å². The first-order chi connectivity index (χ1) is 8.06. The van der Waals surface area contributed by atoms with Gasteiger partial charge in [0.25, 0.3) is 0 Å². The fourth-order valence-corrected chi connectivity index (χ4v) is 2.12. The van der Waals surface area contributed by atoms with Gasteiger partial charge in [-0.1, -0.05) is 6.92 Å². The number of halogens is 1. The van der Waals surface area contributed by atoms with Crippen LogP contribution in [0.3, 0.4) is 0 Å². The predicted molar refractivity (Wildman–Crippen MR) is 73.5 cm³/mol. The molecule has 1 heterocycles. The minimum Gasteiger partial charge on any atom is -0.392 e. The Bertz CT molecular complexity index is 359. The van der Waals surface area contributed by atoms with Crippen molar-refractivity contribution in [2.75, 3.05) is 30.4 Å². The van der Waals surface area contributed by atoms with Crippen molar-refractivity contribution < 1.29 is 5.11 Å². The zero-order valence-corrected chi connectivity index (χ0v) is 12.0. The van der Waals surface area contributed by atoms with Crippen LogP contribution in [0, 0.1) is 0 Å². The van der Waals surface area contributed by atoms with Gasteiger partial charge in [0, 0.05) is 20.1 Å². The minimum absolute atomic E-state index is 0.395. The molecule has 0 radical (unpaired) electrons. The molecule has 1 rings (SSSR count). The van der Waals surface area contributed by atoms with E-state index in [4.69, 9.17) is 0 Å². The molecule has 0 spiro atoms. The molecule has 0 aromatic carbocycles. The standard InChI is InChI=1S/C11H19BrN4O/c1-4-5-13-10-9(12)11(15-7-14-10)16(3)6-8(2)17/h7-8,17H,4-6H2,1-3H3,(H,13,14,15). The Balaban J connectivity index is 2.85. The summed E-state index contributed by atoms with van der Waals surface area (Å²) in [6.45, 7) is 5.25. The van der Waals surface area contributed by atoms with Gasteiger partial charge >= 0.3 is 0 Å². The highest BCUT2D eigenvalue weighted by Gasteiger charge is 2.13. The Labute approximate surface area is 110 Å². The molecule has 2 N–H and O–H groups in total. The van der Waals surface area contributed by atoms with Crippen LogP contribution >= 0.6 is 15.9 Å². The summed E-state index contributed by atoms with van der Waals surface area (Å²) < 4.78 is 0.830. The van der Waals surface area contributed by atoms with Gasteiger partial charge in [-0.05, 0) is 29.3 Å². The Morgan fingerprint density at radius 2 is 2.24 bits per heavy atom. The number of nitrogens with one attached hydrogen (secondary N) is 1. The Hall–Kier alpha value is -0.880. The predicted octanol–water partition coefficient (Wildman–Crippen LogP) is 1.88. The first-order valence-corrected chi connectivity index (χ1v) is 6.49. The van der Waals surface area contributed by atoms with Gasteiger partial charge in [0.05, 0.1) is 6.10 Å². The average Bonchev–Trinajstić information content (AvgIpc) is 2.26. The molecule has 0 bridgehead atoms. The monoisotopic (exact) mass is 302 g/mol. The fourth-order valence-electron chi connectivity index (χ4n) is 1.48. The first kappa shape index (κ1) is 14.2. The third kappa shape index (κ3) is 4.12. The number of rotatable bonds is 6. The highest BCUT2D eigenvalue weighted by Crippen LogP contribution is 2.28. The van der Waals surface area contributed by atoms with Crippen molar-refractivity contribution in [1.82, 2.24) is 9.97 Å². The van der Waals surface area contributed by atoms with Gasteiger partial charge in [0.15, 0.2) is 0 Å². The van der Waals surface area contributed by atoms with Crippen molar-refractivity contribution in [3.63, 3.8) is 0 Å². The number of hydrogen-bond donors (Lipinski definition) is 2. The quantitative estimate of drug-likeness (QED) is 0.840. The van der Waals surface area contributed by atoms with Gasteiger partial charge < -0.3 is 15.3 Å². The SMILES string of the molecule is CCCNc1ncnc(N(C)CC(C)O)c1Br. The molecule has 1 atom stereocenters. The van der Waals surface area contributed by atoms with Crippen molar-refractivity contribution in [3.8, 4) is 0 Å². The van der Waals surface area contributed by atoms with Crippen LogP contribution in [-0.2, 0) is 0 Å². The number of anilines is 2. The lowest BCUT2D eigenvalue weighted by atomic mass is 10.3. The molecule has 0 fully saturated rings. The molecule has 5 nitrogen and oxygen atoms in total. The molecule has 96 valence electrons. The summed E-state index contributed by atoms with van der Waals surface area (Å²) in [6, 6.07) is 0. The van der Waals surface area contributed by atoms with E-state index in [-0.39, 0.29) is 0 Å². The van der Waals surface area contributed by atoms with E-state index in [2.05, 4.69) is 38.1 Å². The second-order valence-electron chi connectivity index (χ2n) is 4.02. The Morgan fingerprint density at radius 3 is 2.82 bits per heavy atom. The van der Waals surface area contributed by atoms with Crippen LogP contribution in [0.4, 0.5) is 11.6 Å². The van der Waals surface area contributed by atoms with Crippen LogP contribution in [0.25, 0.3) is 0 Å². The second kappa shape index (κ2) is 6.76. The van der Waals surface area contributed by atoms with Crippen molar-refractivity contribution in [2.45, 2.75) is 26.4 Å². The summed E-state index contributed by atoms with van der Waals surface area (Å²) in [5.74, 6) is 1.56. The summed E-state index contributed by atoms with van der Waals surface area (Å²) >= 11 is 3.49. The van der Waals surface area contributed by atoms with Gasteiger partial charge in [0.1, 0.15) is 22.4 Å². The van der Waals surface area contributed by atoms with Crippen LogP contribution in [0.15, 0.2) is 10.8 Å². The molecule has 0 saturated carbocycles. The number of aliphatic hydroxyl groups excluding tert-OH is 1. The van der Waals surface area contributed by atoms with Gasteiger partial charge in [-0.2, -0.15) is 0 Å². The Morgan fingerprint density at radius 1 is 1.53 bits per heavy atom. The molecule has 6 heteroatoms. The zero-order chi connectivity index (χ0) is 12.8. The van der Waals surface area contributed by atoms with E-state index in [9.17, 15) is 5.11 Å². The van der Waals surface area contributed by atoms with Gasteiger partial charge in [-0.15, -0.1) is 0 Å². The van der Waals surface area contributed by atoms with Crippen LogP contribution in [0.2, 0.25) is 0 Å². The molecule has 17 heavy (non-hydrogen) atoms. The largest absolute Gasteiger partial charge is 0.392 e. The van der Waals surface area contributed by atoms with E-state index < -0.39 is 6.10 Å². The lowest BCUT2D eigenvalue weighted by Gasteiger charge is -2.21. The number of nitrogens with zero attached hydrogens (tertiary/aromatic N) is 3. The third-order valence-electron chi connectivity index (χ3n) is 2.21. The maximum atomic E-state index is 9.37. The molecular formula is C11H19BrN4O. The molecule has 1 unspecified atom stereocenters. The van der Waals surface area contributed by atoms with E-state index in [1.54, 1.807) is 6.92 Å². The van der Waals surface area contributed by atoms with E-state index in [1.807, 2.05) is 11.9 Å². The van der Waals surface area contributed by atoms with E-state index >= 15 is 0 Å². The third-order valence-corrected chi connectivity index (χ3v) is 2.94. The summed E-state index contributed by atoms with van der Waals surface area (Å²) in [5, 5.41) is 12.6. The van der Waals surface area contributed by atoms with Crippen LogP contribution < -0.4 is 10.2 Å². The van der Waals surface area contributed by atoms with Crippen molar-refractivity contribution >= 4 is 27.6 Å². The normalized spacial score (nSPS) is 12.3. The zero-order valence-electron chi connectivity index (χ0n) is 10.4. The summed E-state index contributed by atoms with van der Waals surface area (Å²) in [4.78, 5) is 10.3. The number of aliphatic hydroxyl groups is 1. The smallest absolute Gasteiger partial charge is 0.148 e. The molecule has 0 aliphatic carbocycles. The van der Waals surface area contributed by atoms with Crippen molar-refractivity contribution in [2.24, 2.45) is 0 Å². The lowest BCUT2D eigenvalue weighted by Crippen LogP contribution is -2.28. The Kier molecular flexibility index (Phi) is 5.64. The number of hydrogen-bond acceptors (Lipinski definition) is 5. The molecule has 0 aliphatic rings. The lowest BCUT2D eigenvalue weighted by molar-refractivity contribution is 0.201. The fraction of sp³-hybridized carbons (Fsp3) is 0.636. The first-order valence-electron chi connectivity index (χ1n) is 5.69. The molecule has 0 amide bonds. The van der Waals surface area contributed by atoms with Crippen molar-refractivity contribution in [1.29, 1.82) is 0 Å². The average molecular weight is 303 g/mol. The number of likely N-dealkylation sites (N-methyl/N-ethyl adjacent to an activating group) is 1. The maximum absolute atomic E-state index is 9.37. The highest BCUT2D eigenvalue weighted by molar-refractivity contribution is 9.10. The topological polar surface area (TPSA) is 61.3 Å². The van der Waals surface area contributed by atoms with Crippen LogP contribution in [0.5, 0.6) is 0 Å².